The normalized spacial score (nSPS) is 11.7. The lowest BCUT2D eigenvalue weighted by Crippen LogP contribution is -2.47. The van der Waals surface area contributed by atoms with Gasteiger partial charge < -0.3 is 15.5 Å². The van der Waals surface area contributed by atoms with Gasteiger partial charge in [-0.05, 0) is 24.6 Å². The van der Waals surface area contributed by atoms with E-state index in [-0.39, 0.29) is 18.1 Å². The Labute approximate surface area is 153 Å². The number of Topliss-reactive ketones (excluding diaryl/α,β-unsaturated/α-hetero) is 1. The van der Waals surface area contributed by atoms with Crippen molar-refractivity contribution < 1.29 is 18.8 Å². The second-order valence-electron chi connectivity index (χ2n) is 5.67. The number of nitrogens with zero attached hydrogens (tertiary/aromatic N) is 4. The van der Waals surface area contributed by atoms with Crippen LogP contribution in [0.5, 0.6) is 0 Å². The first kappa shape index (κ1) is 18.0. The van der Waals surface area contributed by atoms with Crippen LogP contribution in [-0.4, -0.2) is 43.2 Å². The largest absolute Gasteiger partial charge is 0.472 e. The molecular formula is C17H16N6O4. The molecule has 0 bridgehead atoms. The number of carbonyl (C=O) groups is 3. The summed E-state index contributed by atoms with van der Waals surface area (Å²) in [6.45, 7) is 1.69. The molecule has 27 heavy (non-hydrogen) atoms. The summed E-state index contributed by atoms with van der Waals surface area (Å²) in [5.74, 6) is -1.93. The van der Waals surface area contributed by atoms with E-state index < -0.39 is 23.6 Å². The van der Waals surface area contributed by atoms with Crippen molar-refractivity contribution in [2.75, 3.05) is 0 Å². The average molecular weight is 368 g/mol. The number of nitrogens with one attached hydrogen (secondary N) is 1. The predicted molar refractivity (Wildman–Crippen MR) is 91.8 cm³/mol. The van der Waals surface area contributed by atoms with E-state index in [9.17, 15) is 14.4 Å². The van der Waals surface area contributed by atoms with Crippen molar-refractivity contribution >= 4 is 17.6 Å². The summed E-state index contributed by atoms with van der Waals surface area (Å²) in [7, 11) is 0. The SMILES string of the molecule is Cc1ncc(C(=O)NC(Cc2ccoc2)C(=O)C(N)=O)n1-c1ncccn1. The highest BCUT2D eigenvalue weighted by atomic mass is 16.3. The Morgan fingerprint density at radius 2 is 2.00 bits per heavy atom. The maximum atomic E-state index is 12.8. The molecule has 0 saturated carbocycles. The van der Waals surface area contributed by atoms with Crippen LogP contribution in [0.3, 0.4) is 0 Å². The summed E-state index contributed by atoms with van der Waals surface area (Å²) in [6.07, 6.45) is 7.29. The highest BCUT2D eigenvalue weighted by Crippen LogP contribution is 2.12. The van der Waals surface area contributed by atoms with Gasteiger partial charge in [0.2, 0.25) is 11.7 Å². The highest BCUT2D eigenvalue weighted by molar-refractivity contribution is 6.38. The van der Waals surface area contributed by atoms with Gasteiger partial charge in [-0.25, -0.2) is 15.0 Å². The van der Waals surface area contributed by atoms with Gasteiger partial charge >= 0.3 is 0 Å². The van der Waals surface area contributed by atoms with E-state index in [0.717, 1.165) is 0 Å². The third-order valence-electron chi connectivity index (χ3n) is 3.81. The number of carbonyl (C=O) groups excluding carboxylic acids is 3. The van der Waals surface area contributed by atoms with Gasteiger partial charge in [-0.3, -0.25) is 19.0 Å². The smallest absolute Gasteiger partial charge is 0.287 e. The molecule has 10 heteroatoms. The summed E-state index contributed by atoms with van der Waals surface area (Å²) in [6, 6.07) is 2.12. The number of hydrogen-bond donors (Lipinski definition) is 2. The number of aryl methyl sites for hydroxylation is 1. The van der Waals surface area contributed by atoms with Crippen LogP contribution in [-0.2, 0) is 16.0 Å². The molecule has 3 heterocycles. The zero-order valence-corrected chi connectivity index (χ0v) is 14.3. The molecule has 0 fully saturated rings. The lowest BCUT2D eigenvalue weighted by atomic mass is 10.0. The van der Waals surface area contributed by atoms with Crippen LogP contribution >= 0.6 is 0 Å². The Bertz CT molecular complexity index is 965. The van der Waals surface area contributed by atoms with Crippen LogP contribution in [0, 0.1) is 6.92 Å². The molecule has 138 valence electrons. The molecule has 0 aliphatic heterocycles. The predicted octanol–water partition coefficient (Wildman–Crippen LogP) is -0.0408. The monoisotopic (exact) mass is 368 g/mol. The highest BCUT2D eigenvalue weighted by Gasteiger charge is 2.28. The number of imidazole rings is 1. The van der Waals surface area contributed by atoms with Gasteiger partial charge in [-0.2, -0.15) is 0 Å². The molecule has 0 aliphatic carbocycles. The van der Waals surface area contributed by atoms with Crippen molar-refractivity contribution in [3.05, 3.63) is 60.3 Å². The van der Waals surface area contributed by atoms with Crippen molar-refractivity contribution in [1.29, 1.82) is 0 Å². The van der Waals surface area contributed by atoms with Crippen molar-refractivity contribution in [2.45, 2.75) is 19.4 Å². The number of furan rings is 1. The van der Waals surface area contributed by atoms with Crippen molar-refractivity contribution in [3.8, 4) is 5.95 Å². The number of aromatic nitrogens is 4. The van der Waals surface area contributed by atoms with Gasteiger partial charge in [0.25, 0.3) is 11.8 Å². The Kier molecular flexibility index (Phi) is 5.06. The van der Waals surface area contributed by atoms with Gasteiger partial charge in [0, 0.05) is 18.8 Å². The molecule has 0 saturated heterocycles. The van der Waals surface area contributed by atoms with E-state index in [2.05, 4.69) is 20.3 Å². The van der Waals surface area contributed by atoms with Crippen LogP contribution in [0.1, 0.15) is 21.9 Å². The average Bonchev–Trinajstić information content (AvgIpc) is 3.30. The lowest BCUT2D eigenvalue weighted by Gasteiger charge is -2.16. The van der Waals surface area contributed by atoms with Crippen molar-refractivity contribution in [3.63, 3.8) is 0 Å². The maximum Gasteiger partial charge on any atom is 0.287 e. The molecule has 0 aliphatic rings. The standard InChI is InChI=1S/C17H16N6O4/c1-10-21-8-13(23(10)17-19-4-2-5-20-17)16(26)22-12(14(24)15(18)25)7-11-3-6-27-9-11/h2-6,8-9,12H,7H2,1H3,(H2,18,25)(H,22,26). The van der Waals surface area contributed by atoms with Gasteiger partial charge in [-0.15, -0.1) is 0 Å². The third kappa shape index (κ3) is 3.89. The van der Waals surface area contributed by atoms with Crippen LogP contribution in [0.25, 0.3) is 5.95 Å². The van der Waals surface area contributed by atoms with E-state index in [1.54, 1.807) is 19.1 Å². The van der Waals surface area contributed by atoms with Crippen LogP contribution in [0.15, 0.2) is 47.7 Å². The fraction of sp³-hybridized carbons (Fsp3) is 0.176. The number of hydrogen-bond acceptors (Lipinski definition) is 7. The topological polar surface area (TPSA) is 146 Å². The molecule has 3 N–H and O–H groups in total. The quantitative estimate of drug-likeness (QED) is 0.556. The Hall–Kier alpha value is -3.82. The molecule has 3 rings (SSSR count). The number of amides is 2. The fourth-order valence-corrected chi connectivity index (χ4v) is 2.52. The second-order valence-corrected chi connectivity index (χ2v) is 5.67. The second kappa shape index (κ2) is 7.60. The first-order valence-electron chi connectivity index (χ1n) is 7.94. The number of nitrogens with two attached hydrogens (primary N) is 1. The first-order valence-corrected chi connectivity index (χ1v) is 7.94. The van der Waals surface area contributed by atoms with Gasteiger partial charge in [0.1, 0.15) is 17.6 Å². The number of ketones is 1. The number of primary amides is 1. The molecule has 0 radical (unpaired) electrons. The molecule has 3 aromatic heterocycles. The Morgan fingerprint density at radius 1 is 1.26 bits per heavy atom. The first-order chi connectivity index (χ1) is 13.0. The van der Waals surface area contributed by atoms with Gasteiger partial charge in [0.15, 0.2) is 0 Å². The Morgan fingerprint density at radius 3 is 2.63 bits per heavy atom. The molecule has 2 amide bonds. The summed E-state index contributed by atoms with van der Waals surface area (Å²) >= 11 is 0. The molecule has 10 nitrogen and oxygen atoms in total. The molecule has 1 atom stereocenters. The zero-order valence-electron chi connectivity index (χ0n) is 14.3. The van der Waals surface area contributed by atoms with E-state index >= 15 is 0 Å². The lowest BCUT2D eigenvalue weighted by molar-refractivity contribution is -0.137. The fourth-order valence-electron chi connectivity index (χ4n) is 2.52. The summed E-state index contributed by atoms with van der Waals surface area (Å²) in [5, 5.41) is 2.53. The molecule has 0 spiro atoms. The zero-order chi connectivity index (χ0) is 19.4. The van der Waals surface area contributed by atoms with Crippen LogP contribution in [0.4, 0.5) is 0 Å². The van der Waals surface area contributed by atoms with E-state index in [1.165, 1.54) is 35.7 Å². The number of rotatable bonds is 7. The van der Waals surface area contributed by atoms with Crippen LogP contribution < -0.4 is 11.1 Å². The maximum absolute atomic E-state index is 12.8. The summed E-state index contributed by atoms with van der Waals surface area (Å²) in [5.41, 5.74) is 5.85. The molecular weight excluding hydrogens is 352 g/mol. The van der Waals surface area contributed by atoms with E-state index in [4.69, 9.17) is 10.2 Å². The summed E-state index contributed by atoms with van der Waals surface area (Å²) in [4.78, 5) is 48.6. The van der Waals surface area contributed by atoms with Crippen molar-refractivity contribution in [2.24, 2.45) is 5.73 Å². The minimum absolute atomic E-state index is 0.0545. The molecule has 1 unspecified atom stereocenters. The summed E-state index contributed by atoms with van der Waals surface area (Å²) < 4.78 is 6.40. The third-order valence-corrected chi connectivity index (χ3v) is 3.81. The van der Waals surface area contributed by atoms with E-state index in [1.807, 2.05) is 0 Å². The van der Waals surface area contributed by atoms with Crippen molar-refractivity contribution in [1.82, 2.24) is 24.8 Å². The minimum Gasteiger partial charge on any atom is -0.472 e. The Balaban J connectivity index is 1.88. The molecule has 0 aromatic carbocycles. The van der Waals surface area contributed by atoms with Gasteiger partial charge in [0.05, 0.1) is 18.7 Å². The van der Waals surface area contributed by atoms with E-state index in [0.29, 0.717) is 11.4 Å². The van der Waals surface area contributed by atoms with Crippen LogP contribution in [0.2, 0.25) is 0 Å². The minimum atomic E-state index is -1.15. The molecule has 3 aromatic rings. The van der Waals surface area contributed by atoms with Gasteiger partial charge in [-0.1, -0.05) is 0 Å².